The van der Waals surface area contributed by atoms with Crippen LogP contribution in [0.1, 0.15) is 220 Å². The molecule has 0 saturated carbocycles. The SMILES string of the molecule is CC\C=C/C=C\C=C/CCCCCCCCCC(=O)OC(COC(=O)CCC/C=C\C/C=C\C/C=C\C/C=C\C/C=C\CC)COC(=O)CCCCCCCCCCCCCC. The highest BCUT2D eigenvalue weighted by Gasteiger charge is 2.19. The fourth-order valence-electron chi connectivity index (χ4n) is 6.65. The lowest BCUT2D eigenvalue weighted by Crippen LogP contribution is -2.30. The highest BCUT2D eigenvalue weighted by molar-refractivity contribution is 5.71. The Bertz CT molecular complexity index is 1260. The molecule has 6 nitrogen and oxygen atoms in total. The second kappa shape index (κ2) is 50.0. The molecule has 6 heteroatoms. The van der Waals surface area contributed by atoms with Crippen LogP contribution in [0.25, 0.3) is 0 Å². The predicted octanol–water partition coefficient (Wildman–Crippen LogP) is 16.6. The Morgan fingerprint density at radius 3 is 1.21 bits per heavy atom. The molecule has 0 aromatic heterocycles. The van der Waals surface area contributed by atoms with E-state index >= 15 is 0 Å². The van der Waals surface area contributed by atoms with Gasteiger partial charge in [-0.05, 0) is 77.0 Å². The lowest BCUT2D eigenvalue weighted by Gasteiger charge is -2.18. The molecule has 1 atom stereocenters. The molecule has 0 heterocycles. The van der Waals surface area contributed by atoms with E-state index in [0.29, 0.717) is 19.3 Å². The summed E-state index contributed by atoms with van der Waals surface area (Å²) in [5.74, 6) is -0.976. The first-order chi connectivity index (χ1) is 30.5. The minimum atomic E-state index is -0.805. The molecule has 0 aliphatic carbocycles. The summed E-state index contributed by atoms with van der Waals surface area (Å²) in [5, 5.41) is 0. The molecule has 0 spiro atoms. The molecule has 0 amide bonds. The molecule has 0 aromatic carbocycles. The minimum absolute atomic E-state index is 0.0997. The van der Waals surface area contributed by atoms with Gasteiger partial charge in [0, 0.05) is 19.3 Å². The van der Waals surface area contributed by atoms with E-state index in [0.717, 1.165) is 96.3 Å². The van der Waals surface area contributed by atoms with Gasteiger partial charge < -0.3 is 14.2 Å². The van der Waals surface area contributed by atoms with Crippen molar-refractivity contribution >= 4 is 17.9 Å². The van der Waals surface area contributed by atoms with E-state index in [1.54, 1.807) is 0 Å². The monoisotopic (exact) mass is 861 g/mol. The molecule has 0 aromatic rings. The van der Waals surface area contributed by atoms with Gasteiger partial charge in [0.2, 0.25) is 0 Å². The average molecular weight is 861 g/mol. The summed E-state index contributed by atoms with van der Waals surface area (Å²) in [6.07, 6.45) is 65.3. The van der Waals surface area contributed by atoms with E-state index in [9.17, 15) is 14.4 Å². The topological polar surface area (TPSA) is 78.9 Å². The molecule has 62 heavy (non-hydrogen) atoms. The number of ether oxygens (including phenoxy) is 3. The van der Waals surface area contributed by atoms with Crippen LogP contribution in [-0.4, -0.2) is 37.2 Å². The molecule has 0 saturated heterocycles. The number of hydrogen-bond acceptors (Lipinski definition) is 6. The highest BCUT2D eigenvalue weighted by atomic mass is 16.6. The lowest BCUT2D eigenvalue weighted by molar-refractivity contribution is -0.167. The molecular weight excluding hydrogens is 769 g/mol. The number of allylic oxidation sites excluding steroid dienone is 16. The van der Waals surface area contributed by atoms with Gasteiger partial charge in [-0.25, -0.2) is 0 Å². The largest absolute Gasteiger partial charge is 0.462 e. The Hall–Kier alpha value is -3.67. The minimum Gasteiger partial charge on any atom is -0.462 e. The maximum absolute atomic E-state index is 12.8. The van der Waals surface area contributed by atoms with Gasteiger partial charge in [0.1, 0.15) is 13.2 Å². The van der Waals surface area contributed by atoms with Crippen LogP contribution in [0.4, 0.5) is 0 Å². The van der Waals surface area contributed by atoms with Gasteiger partial charge in [-0.15, -0.1) is 0 Å². The maximum Gasteiger partial charge on any atom is 0.306 e. The van der Waals surface area contributed by atoms with Gasteiger partial charge in [0.05, 0.1) is 0 Å². The number of rotatable bonds is 44. The Morgan fingerprint density at radius 1 is 0.355 bits per heavy atom. The number of esters is 3. The number of carbonyl (C=O) groups excluding carboxylic acids is 3. The first-order valence-electron chi connectivity index (χ1n) is 25.3. The number of hydrogen-bond donors (Lipinski definition) is 0. The summed E-state index contributed by atoms with van der Waals surface area (Å²) in [7, 11) is 0. The van der Waals surface area contributed by atoms with Gasteiger partial charge in [-0.1, -0.05) is 221 Å². The molecule has 1 unspecified atom stereocenters. The second-order valence-corrected chi connectivity index (χ2v) is 16.4. The van der Waals surface area contributed by atoms with Gasteiger partial charge >= 0.3 is 17.9 Å². The van der Waals surface area contributed by atoms with Crippen molar-refractivity contribution in [1.29, 1.82) is 0 Å². The Labute approximate surface area is 381 Å². The highest BCUT2D eigenvalue weighted by Crippen LogP contribution is 2.14. The second-order valence-electron chi connectivity index (χ2n) is 16.4. The van der Waals surface area contributed by atoms with Crippen molar-refractivity contribution in [3.8, 4) is 0 Å². The quantitative estimate of drug-likeness (QED) is 0.0200. The van der Waals surface area contributed by atoms with Crippen LogP contribution in [0.5, 0.6) is 0 Å². The molecule has 0 rings (SSSR count). The predicted molar refractivity (Wildman–Crippen MR) is 265 cm³/mol. The standard InChI is InChI=1S/C56H92O6/c1-4-7-10-13-16-19-22-25-27-28-30-31-34-37-40-43-46-49-55(58)61-52-53(51-60-54(57)48-45-42-39-36-33-24-21-18-15-12-9-6-3)62-56(59)50-47-44-41-38-35-32-29-26-23-20-17-14-11-8-5-2/h7-8,10-11,14,16-17,19-20,23,25,27,30-31,37,40,53H,4-6,9,12-13,15,18,21-22,24,26,28-29,32-36,38-39,41-52H2,1-3H3/b10-7-,11-8-,17-14-,19-16-,23-20-,27-25-,31-30-,40-37-. The van der Waals surface area contributed by atoms with Crippen molar-refractivity contribution in [3.05, 3.63) is 97.2 Å². The van der Waals surface area contributed by atoms with Crippen LogP contribution in [0.15, 0.2) is 97.2 Å². The molecular formula is C56H92O6. The van der Waals surface area contributed by atoms with Gasteiger partial charge in [0.25, 0.3) is 0 Å². The third kappa shape index (κ3) is 47.4. The molecule has 0 fully saturated rings. The molecule has 0 N–H and O–H groups in total. The number of unbranched alkanes of at least 4 members (excludes halogenated alkanes) is 19. The maximum atomic E-state index is 12.8. The first kappa shape index (κ1) is 58.3. The average Bonchev–Trinajstić information content (AvgIpc) is 3.27. The van der Waals surface area contributed by atoms with E-state index in [4.69, 9.17) is 14.2 Å². The Morgan fingerprint density at radius 2 is 0.726 bits per heavy atom. The van der Waals surface area contributed by atoms with Crippen molar-refractivity contribution < 1.29 is 28.6 Å². The first-order valence-corrected chi connectivity index (χ1v) is 25.3. The molecule has 0 aliphatic heterocycles. The van der Waals surface area contributed by atoms with Gasteiger partial charge in [0.15, 0.2) is 6.10 Å². The zero-order chi connectivity index (χ0) is 45.1. The van der Waals surface area contributed by atoms with E-state index < -0.39 is 6.10 Å². The zero-order valence-corrected chi connectivity index (χ0v) is 40.1. The van der Waals surface area contributed by atoms with Crippen LogP contribution in [0.3, 0.4) is 0 Å². The van der Waals surface area contributed by atoms with E-state index in [1.807, 2.05) is 0 Å². The summed E-state index contributed by atoms with van der Waals surface area (Å²) in [5.41, 5.74) is 0. The van der Waals surface area contributed by atoms with Crippen molar-refractivity contribution in [2.75, 3.05) is 13.2 Å². The molecule has 352 valence electrons. The Kier molecular flexibility index (Phi) is 47.0. The Balaban J connectivity index is 4.50. The van der Waals surface area contributed by atoms with Crippen LogP contribution in [0, 0.1) is 0 Å². The summed E-state index contributed by atoms with van der Waals surface area (Å²) in [6, 6.07) is 0. The fourth-order valence-corrected chi connectivity index (χ4v) is 6.65. The van der Waals surface area contributed by atoms with E-state index in [-0.39, 0.29) is 37.5 Å². The van der Waals surface area contributed by atoms with Crippen molar-refractivity contribution in [1.82, 2.24) is 0 Å². The van der Waals surface area contributed by atoms with Crippen molar-refractivity contribution in [3.63, 3.8) is 0 Å². The lowest BCUT2D eigenvalue weighted by atomic mass is 10.0. The third-order valence-electron chi connectivity index (χ3n) is 10.4. The summed E-state index contributed by atoms with van der Waals surface area (Å²) in [6.45, 7) is 6.32. The summed E-state index contributed by atoms with van der Waals surface area (Å²) in [4.78, 5) is 37.9. The van der Waals surface area contributed by atoms with Crippen molar-refractivity contribution in [2.24, 2.45) is 0 Å². The molecule has 0 radical (unpaired) electrons. The molecule has 0 aliphatic rings. The van der Waals surface area contributed by atoms with E-state index in [1.165, 1.54) is 77.0 Å². The van der Waals surface area contributed by atoms with Crippen LogP contribution < -0.4 is 0 Å². The fraction of sp³-hybridized carbons (Fsp3) is 0.661. The number of carbonyl (C=O) groups is 3. The molecule has 0 bridgehead atoms. The zero-order valence-electron chi connectivity index (χ0n) is 40.1. The van der Waals surface area contributed by atoms with Crippen LogP contribution in [0.2, 0.25) is 0 Å². The summed E-state index contributed by atoms with van der Waals surface area (Å²) < 4.78 is 16.7. The third-order valence-corrected chi connectivity index (χ3v) is 10.4. The normalized spacial score (nSPS) is 12.9. The van der Waals surface area contributed by atoms with Crippen LogP contribution in [-0.2, 0) is 28.6 Å². The smallest absolute Gasteiger partial charge is 0.306 e. The van der Waals surface area contributed by atoms with E-state index in [2.05, 4.69) is 118 Å². The van der Waals surface area contributed by atoms with Crippen LogP contribution >= 0.6 is 0 Å². The van der Waals surface area contributed by atoms with Gasteiger partial charge in [-0.3, -0.25) is 14.4 Å². The van der Waals surface area contributed by atoms with Gasteiger partial charge in [-0.2, -0.15) is 0 Å². The summed E-state index contributed by atoms with van der Waals surface area (Å²) >= 11 is 0. The van der Waals surface area contributed by atoms with Crippen molar-refractivity contribution in [2.45, 2.75) is 226 Å².